The van der Waals surface area contributed by atoms with Gasteiger partial charge in [-0.25, -0.2) is 8.42 Å². The topological polar surface area (TPSA) is 89.4 Å². The molecule has 0 N–H and O–H groups in total. The Morgan fingerprint density at radius 2 is 2.08 bits per heavy atom. The van der Waals surface area contributed by atoms with Gasteiger partial charge in [0.25, 0.3) is 0 Å². The highest BCUT2D eigenvalue weighted by atomic mass is 32.2. The Morgan fingerprint density at radius 1 is 1.29 bits per heavy atom. The molecular formula is C15H17N3O4S2. The van der Waals surface area contributed by atoms with E-state index < -0.39 is 10.0 Å². The molecule has 3 rings (SSSR count). The van der Waals surface area contributed by atoms with Gasteiger partial charge in [0.2, 0.25) is 10.0 Å². The van der Waals surface area contributed by atoms with E-state index in [0.717, 1.165) is 17.0 Å². The molecule has 0 saturated heterocycles. The van der Waals surface area contributed by atoms with Crippen molar-refractivity contribution in [1.29, 1.82) is 0 Å². The van der Waals surface area contributed by atoms with Gasteiger partial charge in [0.1, 0.15) is 0 Å². The van der Waals surface area contributed by atoms with Gasteiger partial charge in [-0.3, -0.25) is 0 Å². The molecule has 128 valence electrons. The van der Waals surface area contributed by atoms with Crippen molar-refractivity contribution in [2.75, 3.05) is 7.05 Å². The minimum absolute atomic E-state index is 0.127. The lowest BCUT2D eigenvalue weighted by atomic mass is 10.3. The number of aromatic nitrogens is 2. The van der Waals surface area contributed by atoms with E-state index in [4.69, 9.17) is 9.05 Å². The zero-order chi connectivity index (χ0) is 17.3. The lowest BCUT2D eigenvalue weighted by molar-refractivity contribution is 0.340. The number of sulfonamides is 1. The highest BCUT2D eigenvalue weighted by Gasteiger charge is 2.27. The van der Waals surface area contributed by atoms with Gasteiger partial charge in [-0.1, -0.05) is 17.2 Å². The minimum atomic E-state index is -3.64. The molecule has 0 aliphatic rings. The van der Waals surface area contributed by atoms with Crippen LogP contribution in [0, 0.1) is 6.92 Å². The first kappa shape index (κ1) is 16.9. The lowest BCUT2D eigenvalue weighted by Gasteiger charge is -2.15. The Labute approximate surface area is 143 Å². The Kier molecular flexibility index (Phi) is 4.57. The molecule has 0 aromatic carbocycles. The number of thiophene rings is 1. The summed E-state index contributed by atoms with van der Waals surface area (Å²) in [7, 11) is -2.12. The number of hydrogen-bond donors (Lipinski definition) is 0. The maximum atomic E-state index is 12.8. The quantitative estimate of drug-likeness (QED) is 0.665. The van der Waals surface area contributed by atoms with Crippen LogP contribution in [0.3, 0.4) is 0 Å². The van der Waals surface area contributed by atoms with E-state index in [2.05, 4.69) is 10.3 Å². The van der Waals surface area contributed by atoms with E-state index in [-0.39, 0.29) is 11.4 Å². The predicted octanol–water partition coefficient (Wildman–Crippen LogP) is 3.08. The van der Waals surface area contributed by atoms with E-state index >= 15 is 0 Å². The van der Waals surface area contributed by atoms with Crippen molar-refractivity contribution in [3.63, 3.8) is 0 Å². The molecular weight excluding hydrogens is 350 g/mol. The van der Waals surface area contributed by atoms with Crippen LogP contribution >= 0.6 is 11.3 Å². The predicted molar refractivity (Wildman–Crippen MR) is 89.1 cm³/mol. The van der Waals surface area contributed by atoms with Crippen molar-refractivity contribution < 1.29 is 17.5 Å². The third-order valence-corrected chi connectivity index (χ3v) is 6.71. The van der Waals surface area contributed by atoms with Crippen LogP contribution in [0.15, 0.2) is 38.3 Å². The molecule has 0 fully saturated rings. The van der Waals surface area contributed by atoms with Gasteiger partial charge >= 0.3 is 0 Å². The van der Waals surface area contributed by atoms with Crippen molar-refractivity contribution in [2.24, 2.45) is 0 Å². The first-order chi connectivity index (χ1) is 11.4. The minimum Gasteiger partial charge on any atom is -0.360 e. The van der Waals surface area contributed by atoms with E-state index in [0.29, 0.717) is 16.4 Å². The molecule has 0 atom stereocenters. The third kappa shape index (κ3) is 3.14. The van der Waals surface area contributed by atoms with Gasteiger partial charge in [-0.15, -0.1) is 11.3 Å². The van der Waals surface area contributed by atoms with Crippen LogP contribution in [0.5, 0.6) is 0 Å². The summed E-state index contributed by atoms with van der Waals surface area (Å²) in [4.78, 5) is 1.68. The second-order valence-electron chi connectivity index (χ2n) is 5.31. The van der Waals surface area contributed by atoms with Crippen molar-refractivity contribution >= 4 is 21.4 Å². The van der Waals surface area contributed by atoms with Crippen LogP contribution in [0.25, 0.3) is 10.6 Å². The molecule has 3 aromatic rings. The molecule has 0 amide bonds. The van der Waals surface area contributed by atoms with E-state index in [9.17, 15) is 8.42 Å². The zero-order valence-electron chi connectivity index (χ0n) is 13.5. The molecule has 24 heavy (non-hydrogen) atoms. The lowest BCUT2D eigenvalue weighted by Crippen LogP contribution is -2.26. The fraction of sp³-hybridized carbons (Fsp3) is 0.333. The summed E-state index contributed by atoms with van der Waals surface area (Å²) in [6.45, 7) is 3.86. The maximum Gasteiger partial charge on any atom is 0.244 e. The molecule has 3 heterocycles. The molecule has 9 heteroatoms. The van der Waals surface area contributed by atoms with E-state index in [1.807, 2.05) is 6.92 Å². The highest BCUT2D eigenvalue weighted by Crippen LogP contribution is 2.34. The molecule has 3 aromatic heterocycles. The second kappa shape index (κ2) is 6.50. The van der Waals surface area contributed by atoms with Crippen molar-refractivity contribution in [3.05, 3.63) is 40.7 Å². The number of aryl methyl sites for hydroxylation is 2. The van der Waals surface area contributed by atoms with Crippen molar-refractivity contribution in [2.45, 2.75) is 31.7 Å². The van der Waals surface area contributed by atoms with Gasteiger partial charge in [-0.05, 0) is 19.4 Å². The standard InChI is InChI=1S/C15H17N3O4S2/c1-4-11-7-12(21-17-11)9-18(3)24(19,20)15-8-14(23-10(15)2)13-5-6-16-22-13/h5-8H,4,9H2,1-3H3. The van der Waals surface area contributed by atoms with Gasteiger partial charge in [-0.2, -0.15) is 4.31 Å². The zero-order valence-corrected chi connectivity index (χ0v) is 15.1. The summed E-state index contributed by atoms with van der Waals surface area (Å²) in [5, 5.41) is 7.54. The van der Waals surface area contributed by atoms with Crippen LogP contribution in [0.4, 0.5) is 0 Å². The number of hydrogen-bond acceptors (Lipinski definition) is 7. The largest absolute Gasteiger partial charge is 0.360 e. The van der Waals surface area contributed by atoms with Crippen molar-refractivity contribution in [1.82, 2.24) is 14.6 Å². The molecule has 0 radical (unpaired) electrons. The first-order valence-corrected chi connectivity index (χ1v) is 9.59. The monoisotopic (exact) mass is 367 g/mol. The average molecular weight is 367 g/mol. The molecule has 7 nitrogen and oxygen atoms in total. The molecule has 0 aliphatic carbocycles. The summed E-state index contributed by atoms with van der Waals surface area (Å²) in [5.74, 6) is 1.07. The van der Waals surface area contributed by atoms with Gasteiger partial charge in [0.15, 0.2) is 11.5 Å². The molecule has 0 saturated carbocycles. The number of nitrogens with zero attached hydrogens (tertiary/aromatic N) is 3. The van der Waals surface area contributed by atoms with Crippen LogP contribution in [0.2, 0.25) is 0 Å². The second-order valence-corrected chi connectivity index (χ2v) is 8.58. The van der Waals surface area contributed by atoms with E-state index in [1.54, 1.807) is 25.1 Å². The SMILES string of the molecule is CCc1cc(CN(C)S(=O)(=O)c2cc(-c3ccno3)sc2C)on1. The Balaban J connectivity index is 1.87. The van der Waals surface area contributed by atoms with Gasteiger partial charge in [0.05, 0.1) is 28.2 Å². The van der Waals surface area contributed by atoms with Crippen LogP contribution in [0.1, 0.15) is 23.3 Å². The maximum absolute atomic E-state index is 12.8. The highest BCUT2D eigenvalue weighted by molar-refractivity contribution is 7.89. The first-order valence-electron chi connectivity index (χ1n) is 7.34. The van der Waals surface area contributed by atoms with E-state index in [1.165, 1.54) is 28.9 Å². The normalized spacial score (nSPS) is 12.2. The van der Waals surface area contributed by atoms with Crippen LogP contribution < -0.4 is 0 Å². The summed E-state index contributed by atoms with van der Waals surface area (Å²) >= 11 is 1.36. The van der Waals surface area contributed by atoms with Crippen LogP contribution in [-0.4, -0.2) is 30.1 Å². The third-order valence-electron chi connectivity index (χ3n) is 3.59. The summed E-state index contributed by atoms with van der Waals surface area (Å²) in [6.07, 6.45) is 2.27. The average Bonchev–Trinajstić information content (AvgIpc) is 3.26. The van der Waals surface area contributed by atoms with Gasteiger partial charge in [0, 0.05) is 24.1 Å². The number of rotatable bonds is 6. The summed E-state index contributed by atoms with van der Waals surface area (Å²) in [5.41, 5.74) is 0.801. The Morgan fingerprint density at radius 3 is 2.71 bits per heavy atom. The Bertz CT molecular complexity index is 926. The molecule has 0 aliphatic heterocycles. The van der Waals surface area contributed by atoms with Crippen molar-refractivity contribution in [3.8, 4) is 10.6 Å². The molecule has 0 unspecified atom stereocenters. The fourth-order valence-electron chi connectivity index (χ4n) is 2.26. The Hall–Kier alpha value is -1.97. The smallest absolute Gasteiger partial charge is 0.244 e. The van der Waals surface area contributed by atoms with Gasteiger partial charge < -0.3 is 9.05 Å². The summed E-state index contributed by atoms with van der Waals surface area (Å²) in [6, 6.07) is 5.09. The van der Waals surface area contributed by atoms with Crippen LogP contribution in [-0.2, 0) is 23.0 Å². The fourth-order valence-corrected chi connectivity index (χ4v) is 4.91. The molecule has 0 bridgehead atoms. The summed E-state index contributed by atoms with van der Waals surface area (Å²) < 4.78 is 37.2. The molecule has 0 spiro atoms.